The van der Waals surface area contributed by atoms with Gasteiger partial charge < -0.3 is 10.0 Å². The van der Waals surface area contributed by atoms with Gasteiger partial charge in [0, 0.05) is 6.54 Å². The summed E-state index contributed by atoms with van der Waals surface area (Å²) in [6.45, 7) is 1.76. The van der Waals surface area contributed by atoms with Crippen LogP contribution in [0, 0.1) is 0 Å². The summed E-state index contributed by atoms with van der Waals surface area (Å²) < 4.78 is 26.5. The van der Waals surface area contributed by atoms with E-state index < -0.39 is 34.0 Å². The molecule has 0 aromatic carbocycles. The van der Waals surface area contributed by atoms with E-state index in [1.54, 1.807) is 11.4 Å². The van der Waals surface area contributed by atoms with Crippen LogP contribution in [0.3, 0.4) is 0 Å². The molecular weight excluding hydrogens is 316 g/mol. The Morgan fingerprint density at radius 3 is 2.81 bits per heavy atom. The third kappa shape index (κ3) is 3.42. The van der Waals surface area contributed by atoms with E-state index >= 15 is 0 Å². The lowest BCUT2D eigenvalue weighted by Crippen LogP contribution is -2.50. The van der Waals surface area contributed by atoms with E-state index in [4.69, 9.17) is 5.11 Å². The number of amides is 1. The number of hydrogen-bond acceptors (Lipinski definition) is 5. The summed E-state index contributed by atoms with van der Waals surface area (Å²) in [5.41, 5.74) is 0. The minimum absolute atomic E-state index is 0.123. The van der Waals surface area contributed by atoms with Crippen LogP contribution in [0.4, 0.5) is 0 Å². The third-order valence-corrected chi connectivity index (χ3v) is 6.22. The van der Waals surface area contributed by atoms with Gasteiger partial charge in [-0.2, -0.15) is 4.72 Å². The Morgan fingerprint density at radius 2 is 2.24 bits per heavy atom. The number of nitrogens with one attached hydrogen (secondary N) is 1. The van der Waals surface area contributed by atoms with E-state index in [9.17, 15) is 18.0 Å². The molecule has 0 aliphatic carbocycles. The highest BCUT2D eigenvalue weighted by Crippen LogP contribution is 2.20. The maximum Gasteiger partial charge on any atom is 0.326 e. The topological polar surface area (TPSA) is 104 Å². The molecule has 2 atom stereocenters. The molecule has 1 aliphatic heterocycles. The van der Waals surface area contributed by atoms with Gasteiger partial charge in [-0.15, -0.1) is 11.3 Å². The second kappa shape index (κ2) is 6.12. The first-order chi connectivity index (χ1) is 9.83. The summed E-state index contributed by atoms with van der Waals surface area (Å²) in [5, 5.41) is 10.7. The van der Waals surface area contributed by atoms with Crippen LogP contribution >= 0.6 is 11.3 Å². The van der Waals surface area contributed by atoms with Crippen LogP contribution in [0.5, 0.6) is 0 Å². The molecule has 1 aromatic heterocycles. The second-order valence-electron chi connectivity index (χ2n) is 4.80. The van der Waals surface area contributed by atoms with Crippen molar-refractivity contribution in [2.45, 2.75) is 36.1 Å². The molecule has 1 unspecified atom stereocenters. The summed E-state index contributed by atoms with van der Waals surface area (Å²) in [4.78, 5) is 24.6. The molecule has 0 saturated carbocycles. The van der Waals surface area contributed by atoms with Crippen molar-refractivity contribution in [2.75, 3.05) is 6.54 Å². The molecular formula is C12H16N2O5S2. The molecule has 2 heterocycles. The molecule has 1 saturated heterocycles. The van der Waals surface area contributed by atoms with E-state index in [1.165, 1.54) is 17.9 Å². The van der Waals surface area contributed by atoms with E-state index in [0.29, 0.717) is 19.4 Å². The molecule has 1 amide bonds. The van der Waals surface area contributed by atoms with E-state index in [1.807, 2.05) is 0 Å². The van der Waals surface area contributed by atoms with E-state index in [2.05, 4.69) is 4.72 Å². The van der Waals surface area contributed by atoms with Crippen LogP contribution in [0.25, 0.3) is 0 Å². The standard InChI is InChI=1S/C12H16N2O5S2/c1-8(13-21(18,19)10-5-3-7-20-10)11(15)14-6-2-4-9(14)12(16)17/h3,5,7-9,13H,2,4,6H2,1H3,(H,16,17)/t8?,9-/m0/s1. The Morgan fingerprint density at radius 1 is 1.52 bits per heavy atom. The van der Waals surface area contributed by atoms with E-state index in [0.717, 1.165) is 11.3 Å². The Labute approximate surface area is 126 Å². The molecule has 0 spiro atoms. The van der Waals surface area contributed by atoms with Crippen molar-refractivity contribution in [3.63, 3.8) is 0 Å². The second-order valence-corrected chi connectivity index (χ2v) is 7.69. The zero-order chi connectivity index (χ0) is 15.6. The number of carbonyl (C=O) groups excluding carboxylic acids is 1. The highest BCUT2D eigenvalue weighted by molar-refractivity contribution is 7.91. The number of hydrogen-bond donors (Lipinski definition) is 2. The van der Waals surface area contributed by atoms with Gasteiger partial charge in [0.2, 0.25) is 5.91 Å². The lowest BCUT2D eigenvalue weighted by molar-refractivity contribution is -0.148. The Balaban J connectivity index is 2.08. The van der Waals surface area contributed by atoms with Crippen LogP contribution in [-0.2, 0) is 19.6 Å². The molecule has 0 radical (unpaired) electrons. The van der Waals surface area contributed by atoms with Crippen molar-refractivity contribution in [1.82, 2.24) is 9.62 Å². The highest BCUT2D eigenvalue weighted by atomic mass is 32.2. The summed E-state index contributed by atoms with van der Waals surface area (Å²) in [5.74, 6) is -1.57. The Kier molecular flexibility index (Phi) is 4.64. The van der Waals surface area contributed by atoms with Gasteiger partial charge in [0.05, 0.1) is 6.04 Å². The van der Waals surface area contributed by atoms with Crippen molar-refractivity contribution in [3.05, 3.63) is 17.5 Å². The molecule has 1 aliphatic rings. The van der Waals surface area contributed by atoms with Crippen molar-refractivity contribution in [2.24, 2.45) is 0 Å². The van der Waals surface area contributed by atoms with E-state index in [-0.39, 0.29) is 4.21 Å². The summed E-state index contributed by atoms with van der Waals surface area (Å²) in [6, 6.07) is 1.18. The maximum absolute atomic E-state index is 12.2. The number of rotatable bonds is 5. The fourth-order valence-corrected chi connectivity index (χ4v) is 4.50. The summed E-state index contributed by atoms with van der Waals surface area (Å²) in [6.07, 6.45) is 0.999. The van der Waals surface area contributed by atoms with Crippen LogP contribution < -0.4 is 4.72 Å². The van der Waals surface area contributed by atoms with Crippen LogP contribution in [0.1, 0.15) is 19.8 Å². The number of sulfonamides is 1. The van der Waals surface area contributed by atoms with Crippen molar-refractivity contribution >= 4 is 33.2 Å². The lowest BCUT2D eigenvalue weighted by atomic mass is 10.2. The molecule has 1 aromatic rings. The van der Waals surface area contributed by atoms with Crippen molar-refractivity contribution in [3.8, 4) is 0 Å². The summed E-state index contributed by atoms with van der Waals surface area (Å²) >= 11 is 1.05. The predicted octanol–water partition coefficient (Wildman–Crippen LogP) is 0.490. The fraction of sp³-hybridized carbons (Fsp3) is 0.500. The first-order valence-electron chi connectivity index (χ1n) is 6.42. The first-order valence-corrected chi connectivity index (χ1v) is 8.78. The van der Waals surface area contributed by atoms with Gasteiger partial charge in [-0.25, -0.2) is 13.2 Å². The lowest BCUT2D eigenvalue weighted by Gasteiger charge is -2.25. The minimum Gasteiger partial charge on any atom is -0.480 e. The average molecular weight is 332 g/mol. The zero-order valence-electron chi connectivity index (χ0n) is 11.4. The maximum atomic E-state index is 12.2. The van der Waals surface area contributed by atoms with Gasteiger partial charge in [-0.3, -0.25) is 4.79 Å². The van der Waals surface area contributed by atoms with Crippen LogP contribution in [-0.4, -0.2) is 48.9 Å². The van der Waals surface area contributed by atoms with Gasteiger partial charge in [-0.05, 0) is 31.2 Å². The molecule has 2 rings (SSSR count). The zero-order valence-corrected chi connectivity index (χ0v) is 13.0. The highest BCUT2D eigenvalue weighted by Gasteiger charge is 2.37. The number of carboxylic acids is 1. The number of carbonyl (C=O) groups is 2. The molecule has 1 fully saturated rings. The molecule has 7 nitrogen and oxygen atoms in total. The van der Waals surface area contributed by atoms with Gasteiger partial charge in [0.25, 0.3) is 10.0 Å². The van der Waals surface area contributed by atoms with Gasteiger partial charge in [-0.1, -0.05) is 6.07 Å². The normalized spacial score (nSPS) is 20.4. The molecule has 116 valence electrons. The third-order valence-electron chi connectivity index (χ3n) is 3.28. The SMILES string of the molecule is CC(NS(=O)(=O)c1cccs1)C(=O)N1CCC[C@H]1C(=O)O. The number of likely N-dealkylation sites (tertiary alicyclic amines) is 1. The van der Waals surface area contributed by atoms with Crippen molar-refractivity contribution in [1.29, 1.82) is 0 Å². The number of carboxylic acid groups (broad SMARTS) is 1. The van der Waals surface area contributed by atoms with Gasteiger partial charge in [0.15, 0.2) is 0 Å². The van der Waals surface area contributed by atoms with Crippen LogP contribution in [0.2, 0.25) is 0 Å². The number of thiophene rings is 1. The first kappa shape index (κ1) is 15.9. The smallest absolute Gasteiger partial charge is 0.326 e. The number of nitrogens with zero attached hydrogens (tertiary/aromatic N) is 1. The molecule has 9 heteroatoms. The average Bonchev–Trinajstić information content (AvgIpc) is 3.08. The summed E-state index contributed by atoms with van der Waals surface area (Å²) in [7, 11) is -3.75. The molecule has 21 heavy (non-hydrogen) atoms. The van der Waals surface area contributed by atoms with Gasteiger partial charge >= 0.3 is 5.97 Å². The fourth-order valence-electron chi connectivity index (χ4n) is 2.29. The Bertz CT molecular complexity index is 626. The van der Waals surface area contributed by atoms with Crippen molar-refractivity contribution < 1.29 is 23.1 Å². The monoisotopic (exact) mass is 332 g/mol. The number of aliphatic carboxylic acids is 1. The van der Waals surface area contributed by atoms with Crippen LogP contribution in [0.15, 0.2) is 21.7 Å². The predicted molar refractivity (Wildman–Crippen MR) is 76.5 cm³/mol. The molecule has 2 N–H and O–H groups in total. The largest absolute Gasteiger partial charge is 0.480 e. The quantitative estimate of drug-likeness (QED) is 0.817. The minimum atomic E-state index is -3.75. The molecule has 0 bridgehead atoms. The van der Waals surface area contributed by atoms with Gasteiger partial charge in [0.1, 0.15) is 10.3 Å². The Hall–Kier alpha value is -1.45.